The number of halogens is 1. The topological polar surface area (TPSA) is 16.1 Å². The number of fused-ring (bicyclic) bond motifs is 1. The molecule has 0 amide bonds. The van der Waals surface area contributed by atoms with Crippen LogP contribution in [0.1, 0.15) is 42.5 Å². The number of rotatable bonds is 4. The fourth-order valence-electron chi connectivity index (χ4n) is 4.12. The van der Waals surface area contributed by atoms with E-state index >= 15 is 0 Å². The number of benzene rings is 2. The monoisotopic (exact) mass is 380 g/mol. The van der Waals surface area contributed by atoms with Crippen molar-refractivity contribution in [3.05, 3.63) is 71.5 Å². The lowest BCUT2D eigenvalue weighted by Crippen LogP contribution is -2.25. The Morgan fingerprint density at radius 1 is 0.889 bits per heavy atom. The van der Waals surface area contributed by atoms with E-state index in [1.807, 2.05) is 0 Å². The highest BCUT2D eigenvalue weighted by Crippen LogP contribution is 2.25. The Labute approximate surface area is 169 Å². The molecule has 2 nitrogen and oxygen atoms in total. The number of nitrogens with zero attached hydrogens (tertiary/aromatic N) is 2. The Morgan fingerprint density at radius 2 is 1.63 bits per heavy atom. The molecule has 27 heavy (non-hydrogen) atoms. The van der Waals surface area contributed by atoms with Crippen LogP contribution in [-0.4, -0.2) is 18.1 Å². The molecule has 4 rings (SSSR count). The van der Waals surface area contributed by atoms with E-state index in [-0.39, 0.29) is 12.4 Å². The third-order valence-corrected chi connectivity index (χ3v) is 5.61. The third kappa shape index (κ3) is 4.62. The summed E-state index contributed by atoms with van der Waals surface area (Å²) in [4.78, 5) is 7.30. The zero-order chi connectivity index (χ0) is 17.8. The Bertz CT molecular complexity index is 877. The standard InChI is InChI=1S/C24H28N2.ClH/c1-19-18-25-22(17-24(19)26-15-6-2-3-7-16-26)14-13-21-11-8-10-20-9-4-5-12-23(20)21;/h4-5,8-12,17-18H,2-3,6-7,13-16H2,1H3;1H. The maximum Gasteiger partial charge on any atom is 0.0429 e. The summed E-state index contributed by atoms with van der Waals surface area (Å²) in [7, 11) is 0. The van der Waals surface area contributed by atoms with E-state index in [0.717, 1.165) is 12.8 Å². The Hall–Kier alpha value is -2.06. The lowest BCUT2D eigenvalue weighted by molar-refractivity contribution is 0.726. The first-order valence-corrected chi connectivity index (χ1v) is 9.98. The molecule has 1 aliphatic heterocycles. The van der Waals surface area contributed by atoms with Gasteiger partial charge in [-0.25, -0.2) is 0 Å². The van der Waals surface area contributed by atoms with E-state index < -0.39 is 0 Å². The van der Waals surface area contributed by atoms with Gasteiger partial charge in [0.15, 0.2) is 0 Å². The van der Waals surface area contributed by atoms with Crippen LogP contribution in [0.15, 0.2) is 54.7 Å². The third-order valence-electron chi connectivity index (χ3n) is 5.61. The van der Waals surface area contributed by atoms with Crippen molar-refractivity contribution in [1.82, 2.24) is 4.98 Å². The molecule has 3 aromatic rings. The molecule has 2 heterocycles. The minimum Gasteiger partial charge on any atom is -0.371 e. The lowest BCUT2D eigenvalue weighted by atomic mass is 10.00. The van der Waals surface area contributed by atoms with Gasteiger partial charge in [-0.1, -0.05) is 55.3 Å². The maximum absolute atomic E-state index is 4.73. The summed E-state index contributed by atoms with van der Waals surface area (Å²) in [6.07, 6.45) is 9.47. The molecular formula is C24H29ClN2. The summed E-state index contributed by atoms with van der Waals surface area (Å²) >= 11 is 0. The predicted octanol–water partition coefficient (Wildman–Crippen LogP) is 6.13. The molecule has 0 radical (unpaired) electrons. The fraction of sp³-hybridized carbons (Fsp3) is 0.375. The average Bonchev–Trinajstić information content (AvgIpc) is 2.97. The second-order valence-corrected chi connectivity index (χ2v) is 7.50. The van der Waals surface area contributed by atoms with Crippen molar-refractivity contribution in [2.45, 2.75) is 45.4 Å². The molecule has 1 fully saturated rings. The van der Waals surface area contributed by atoms with Gasteiger partial charge in [0.25, 0.3) is 0 Å². The van der Waals surface area contributed by atoms with Gasteiger partial charge in [-0.3, -0.25) is 4.98 Å². The maximum atomic E-state index is 4.73. The summed E-state index contributed by atoms with van der Waals surface area (Å²) < 4.78 is 0. The van der Waals surface area contributed by atoms with E-state index in [2.05, 4.69) is 66.6 Å². The van der Waals surface area contributed by atoms with Crippen molar-refractivity contribution in [3.8, 4) is 0 Å². The zero-order valence-corrected chi connectivity index (χ0v) is 17.0. The molecule has 2 aromatic carbocycles. The molecule has 0 saturated carbocycles. The molecule has 1 aromatic heterocycles. The smallest absolute Gasteiger partial charge is 0.0429 e. The highest BCUT2D eigenvalue weighted by Gasteiger charge is 2.13. The van der Waals surface area contributed by atoms with Gasteiger partial charge in [-0.2, -0.15) is 0 Å². The quantitative estimate of drug-likeness (QED) is 0.541. The minimum absolute atomic E-state index is 0. The molecule has 0 unspecified atom stereocenters. The largest absolute Gasteiger partial charge is 0.371 e. The Balaban J connectivity index is 0.00000210. The lowest BCUT2D eigenvalue weighted by Gasteiger charge is -2.25. The summed E-state index contributed by atoms with van der Waals surface area (Å²) in [6, 6.07) is 17.6. The van der Waals surface area contributed by atoms with Gasteiger partial charge in [0.05, 0.1) is 0 Å². The average molecular weight is 381 g/mol. The number of pyridine rings is 1. The van der Waals surface area contributed by atoms with E-state index in [4.69, 9.17) is 4.98 Å². The highest BCUT2D eigenvalue weighted by molar-refractivity contribution is 5.86. The van der Waals surface area contributed by atoms with Gasteiger partial charge in [0.1, 0.15) is 0 Å². The van der Waals surface area contributed by atoms with Crippen LogP contribution in [-0.2, 0) is 12.8 Å². The van der Waals surface area contributed by atoms with E-state index in [9.17, 15) is 0 Å². The van der Waals surface area contributed by atoms with Crippen molar-refractivity contribution >= 4 is 28.9 Å². The van der Waals surface area contributed by atoms with Gasteiger partial charge in [-0.05, 0) is 60.6 Å². The van der Waals surface area contributed by atoms with Crippen LogP contribution < -0.4 is 4.90 Å². The summed E-state index contributed by atoms with van der Waals surface area (Å²) in [6.45, 7) is 4.57. The van der Waals surface area contributed by atoms with E-state index in [1.54, 1.807) is 0 Å². The van der Waals surface area contributed by atoms with Gasteiger partial charge in [0.2, 0.25) is 0 Å². The first-order valence-electron chi connectivity index (χ1n) is 9.98. The summed E-state index contributed by atoms with van der Waals surface area (Å²) in [5.74, 6) is 0. The molecule has 0 aliphatic carbocycles. The van der Waals surface area contributed by atoms with Crippen LogP contribution in [0.2, 0.25) is 0 Å². The van der Waals surface area contributed by atoms with Crippen molar-refractivity contribution in [3.63, 3.8) is 0 Å². The number of aryl methyl sites for hydroxylation is 3. The van der Waals surface area contributed by atoms with Gasteiger partial charge in [-0.15, -0.1) is 12.4 Å². The van der Waals surface area contributed by atoms with Gasteiger partial charge >= 0.3 is 0 Å². The fourth-order valence-corrected chi connectivity index (χ4v) is 4.12. The Kier molecular flexibility index (Phi) is 6.73. The van der Waals surface area contributed by atoms with Crippen LogP contribution in [0.3, 0.4) is 0 Å². The first kappa shape index (κ1) is 19.7. The number of hydrogen-bond acceptors (Lipinski definition) is 2. The molecule has 0 bridgehead atoms. The molecule has 0 spiro atoms. The van der Waals surface area contributed by atoms with Crippen LogP contribution >= 0.6 is 12.4 Å². The number of aromatic nitrogens is 1. The summed E-state index contributed by atoms with van der Waals surface area (Å²) in [5.41, 5.74) is 5.33. The molecule has 3 heteroatoms. The Morgan fingerprint density at radius 3 is 2.44 bits per heavy atom. The predicted molar refractivity (Wildman–Crippen MR) is 118 cm³/mol. The number of anilines is 1. The highest BCUT2D eigenvalue weighted by atomic mass is 35.5. The first-order chi connectivity index (χ1) is 12.8. The van der Waals surface area contributed by atoms with Gasteiger partial charge < -0.3 is 4.90 Å². The van der Waals surface area contributed by atoms with Crippen LogP contribution in [0.25, 0.3) is 10.8 Å². The minimum atomic E-state index is 0. The van der Waals surface area contributed by atoms with Crippen LogP contribution in [0, 0.1) is 6.92 Å². The van der Waals surface area contributed by atoms with Crippen molar-refractivity contribution < 1.29 is 0 Å². The molecule has 0 atom stereocenters. The van der Waals surface area contributed by atoms with Crippen LogP contribution in [0.4, 0.5) is 5.69 Å². The summed E-state index contributed by atoms with van der Waals surface area (Å²) in [5, 5.41) is 2.70. The SMILES string of the molecule is Cc1cnc(CCc2cccc3ccccc23)cc1N1CCCCCC1.Cl. The van der Waals surface area contributed by atoms with Crippen molar-refractivity contribution in [2.75, 3.05) is 18.0 Å². The number of hydrogen-bond donors (Lipinski definition) is 0. The molecule has 142 valence electrons. The van der Waals surface area contributed by atoms with Crippen molar-refractivity contribution in [1.29, 1.82) is 0 Å². The zero-order valence-electron chi connectivity index (χ0n) is 16.2. The molecular weight excluding hydrogens is 352 g/mol. The van der Waals surface area contributed by atoms with Gasteiger partial charge in [0, 0.05) is 30.7 Å². The molecule has 0 N–H and O–H groups in total. The van der Waals surface area contributed by atoms with Crippen LogP contribution in [0.5, 0.6) is 0 Å². The molecule has 1 saturated heterocycles. The second-order valence-electron chi connectivity index (χ2n) is 7.50. The second kappa shape index (κ2) is 9.23. The molecule has 1 aliphatic rings. The normalized spacial score (nSPS) is 14.6. The van der Waals surface area contributed by atoms with Crippen molar-refractivity contribution in [2.24, 2.45) is 0 Å². The van der Waals surface area contributed by atoms with E-state index in [1.165, 1.54) is 72.1 Å². The van der Waals surface area contributed by atoms with E-state index in [0.29, 0.717) is 0 Å².